The number of likely N-dealkylation sites (tertiary alicyclic amines) is 2. The molecule has 2 saturated heterocycles. The molecule has 0 aromatic rings. The van der Waals surface area contributed by atoms with E-state index in [2.05, 4.69) is 25.8 Å². The third-order valence-corrected chi connectivity index (χ3v) is 4.64. The fourth-order valence-corrected chi connectivity index (χ4v) is 3.63. The van der Waals surface area contributed by atoms with Crippen molar-refractivity contribution in [3.8, 4) is 0 Å². The van der Waals surface area contributed by atoms with Crippen LogP contribution in [0.15, 0.2) is 0 Å². The minimum absolute atomic E-state index is 0.199. The molecule has 0 saturated carbocycles. The third-order valence-electron chi connectivity index (χ3n) is 4.64. The lowest BCUT2D eigenvalue weighted by atomic mass is 9.87. The molecule has 1 amide bonds. The molecule has 0 aromatic heterocycles. The van der Waals surface area contributed by atoms with E-state index < -0.39 is 0 Å². The Morgan fingerprint density at radius 3 is 2.68 bits per heavy atom. The van der Waals surface area contributed by atoms with Crippen LogP contribution in [0.2, 0.25) is 0 Å². The molecule has 110 valence electrons. The minimum atomic E-state index is -0.250. The van der Waals surface area contributed by atoms with E-state index in [1.165, 1.54) is 12.8 Å². The SMILES string of the molecule is CN1CCCC(CC(=O)N2CCC(O)CC2(C)C)C1. The smallest absolute Gasteiger partial charge is 0.223 e. The number of piperidine rings is 2. The summed E-state index contributed by atoms with van der Waals surface area (Å²) in [5, 5.41) is 9.76. The highest BCUT2D eigenvalue weighted by molar-refractivity contribution is 5.77. The van der Waals surface area contributed by atoms with E-state index in [-0.39, 0.29) is 17.6 Å². The molecule has 2 aliphatic rings. The van der Waals surface area contributed by atoms with Crippen molar-refractivity contribution < 1.29 is 9.90 Å². The Bertz CT molecular complexity index is 330. The number of hydrogen-bond acceptors (Lipinski definition) is 3. The van der Waals surface area contributed by atoms with E-state index in [1.807, 2.05) is 4.90 Å². The summed E-state index contributed by atoms with van der Waals surface area (Å²) in [5.41, 5.74) is -0.199. The predicted molar refractivity (Wildman–Crippen MR) is 75.9 cm³/mol. The third kappa shape index (κ3) is 3.69. The van der Waals surface area contributed by atoms with Crippen molar-refractivity contribution in [1.29, 1.82) is 0 Å². The van der Waals surface area contributed by atoms with Gasteiger partial charge < -0.3 is 14.9 Å². The van der Waals surface area contributed by atoms with E-state index in [4.69, 9.17) is 0 Å². The lowest BCUT2D eigenvalue weighted by molar-refractivity contribution is -0.142. The van der Waals surface area contributed by atoms with E-state index >= 15 is 0 Å². The molecule has 0 bridgehead atoms. The van der Waals surface area contributed by atoms with Crippen molar-refractivity contribution in [2.75, 3.05) is 26.7 Å². The largest absolute Gasteiger partial charge is 0.393 e. The Morgan fingerprint density at radius 1 is 1.32 bits per heavy atom. The normalized spacial score (nSPS) is 32.3. The van der Waals surface area contributed by atoms with Gasteiger partial charge in [0.1, 0.15) is 0 Å². The molecule has 2 unspecified atom stereocenters. The Morgan fingerprint density at radius 2 is 2.05 bits per heavy atom. The van der Waals surface area contributed by atoms with Crippen LogP contribution in [0.25, 0.3) is 0 Å². The monoisotopic (exact) mass is 268 g/mol. The van der Waals surface area contributed by atoms with E-state index in [9.17, 15) is 9.90 Å². The zero-order valence-electron chi connectivity index (χ0n) is 12.6. The van der Waals surface area contributed by atoms with Gasteiger partial charge in [-0.2, -0.15) is 0 Å². The summed E-state index contributed by atoms with van der Waals surface area (Å²) in [6.07, 6.45) is 4.22. The van der Waals surface area contributed by atoms with Crippen molar-refractivity contribution >= 4 is 5.91 Å². The summed E-state index contributed by atoms with van der Waals surface area (Å²) in [6, 6.07) is 0. The molecule has 0 aromatic carbocycles. The number of aliphatic hydroxyl groups is 1. The Hall–Kier alpha value is -0.610. The molecular weight excluding hydrogens is 240 g/mol. The molecule has 2 atom stereocenters. The molecule has 0 radical (unpaired) electrons. The molecule has 0 aliphatic carbocycles. The van der Waals surface area contributed by atoms with Gasteiger partial charge in [-0.3, -0.25) is 4.79 Å². The number of aliphatic hydroxyl groups excluding tert-OH is 1. The molecular formula is C15H28N2O2. The summed E-state index contributed by atoms with van der Waals surface area (Å²) in [5.74, 6) is 0.783. The van der Waals surface area contributed by atoms with Crippen LogP contribution in [0.3, 0.4) is 0 Å². The fourth-order valence-electron chi connectivity index (χ4n) is 3.63. The van der Waals surface area contributed by atoms with Crippen molar-refractivity contribution in [2.45, 2.75) is 57.6 Å². The zero-order chi connectivity index (χ0) is 14.0. The van der Waals surface area contributed by atoms with Gasteiger partial charge in [0.25, 0.3) is 0 Å². The highest BCUT2D eigenvalue weighted by Crippen LogP contribution is 2.30. The summed E-state index contributed by atoms with van der Waals surface area (Å²) in [6.45, 7) is 7.05. The van der Waals surface area contributed by atoms with Gasteiger partial charge in [0.05, 0.1) is 6.10 Å². The fraction of sp³-hybridized carbons (Fsp3) is 0.933. The molecule has 2 aliphatic heterocycles. The number of carbonyl (C=O) groups is 1. The molecule has 2 rings (SSSR count). The van der Waals surface area contributed by atoms with Gasteiger partial charge in [-0.05, 0) is 59.0 Å². The molecule has 4 heteroatoms. The number of rotatable bonds is 2. The Kier molecular flexibility index (Phi) is 4.51. The van der Waals surface area contributed by atoms with Gasteiger partial charge >= 0.3 is 0 Å². The number of nitrogens with zero attached hydrogens (tertiary/aromatic N) is 2. The van der Waals surface area contributed by atoms with Crippen LogP contribution in [-0.4, -0.2) is 59.1 Å². The molecule has 2 heterocycles. The standard InChI is InChI=1S/C15H28N2O2/c1-15(2)10-13(18)6-8-17(15)14(19)9-12-5-4-7-16(3)11-12/h12-13,18H,4-11H2,1-3H3. The van der Waals surface area contributed by atoms with Gasteiger partial charge in [-0.15, -0.1) is 0 Å². The molecule has 0 spiro atoms. The first-order chi connectivity index (χ1) is 8.88. The van der Waals surface area contributed by atoms with Gasteiger partial charge in [-0.25, -0.2) is 0 Å². The van der Waals surface area contributed by atoms with Crippen molar-refractivity contribution in [2.24, 2.45) is 5.92 Å². The Balaban J connectivity index is 1.92. The van der Waals surface area contributed by atoms with Crippen LogP contribution in [0.1, 0.15) is 46.0 Å². The minimum Gasteiger partial charge on any atom is -0.393 e. The quantitative estimate of drug-likeness (QED) is 0.825. The average molecular weight is 268 g/mol. The van der Waals surface area contributed by atoms with Gasteiger partial charge in [0, 0.05) is 25.0 Å². The van der Waals surface area contributed by atoms with Crippen LogP contribution in [-0.2, 0) is 4.79 Å². The van der Waals surface area contributed by atoms with E-state index in [0.29, 0.717) is 25.3 Å². The second kappa shape index (κ2) is 5.80. The first kappa shape index (κ1) is 14.8. The highest BCUT2D eigenvalue weighted by Gasteiger charge is 2.37. The molecule has 4 nitrogen and oxygen atoms in total. The van der Waals surface area contributed by atoms with Gasteiger partial charge in [0.15, 0.2) is 0 Å². The summed E-state index contributed by atoms with van der Waals surface area (Å²) >= 11 is 0. The first-order valence-electron chi connectivity index (χ1n) is 7.55. The lowest BCUT2D eigenvalue weighted by Gasteiger charge is -2.45. The molecule has 2 fully saturated rings. The van der Waals surface area contributed by atoms with Crippen LogP contribution in [0.4, 0.5) is 0 Å². The first-order valence-corrected chi connectivity index (χ1v) is 7.55. The Labute approximate surface area is 116 Å². The summed E-state index contributed by atoms with van der Waals surface area (Å²) in [7, 11) is 2.14. The lowest BCUT2D eigenvalue weighted by Crippen LogP contribution is -2.54. The predicted octanol–water partition coefficient (Wildman–Crippen LogP) is 1.48. The van der Waals surface area contributed by atoms with Crippen molar-refractivity contribution in [3.63, 3.8) is 0 Å². The van der Waals surface area contributed by atoms with E-state index in [0.717, 1.165) is 19.5 Å². The van der Waals surface area contributed by atoms with E-state index in [1.54, 1.807) is 0 Å². The second-order valence-corrected chi connectivity index (χ2v) is 6.98. The maximum absolute atomic E-state index is 12.5. The van der Waals surface area contributed by atoms with Gasteiger partial charge in [0.2, 0.25) is 5.91 Å². The number of amides is 1. The highest BCUT2D eigenvalue weighted by atomic mass is 16.3. The van der Waals surface area contributed by atoms with Crippen LogP contribution in [0, 0.1) is 5.92 Å². The maximum Gasteiger partial charge on any atom is 0.223 e. The summed E-state index contributed by atoms with van der Waals surface area (Å²) in [4.78, 5) is 16.8. The van der Waals surface area contributed by atoms with Crippen molar-refractivity contribution in [1.82, 2.24) is 9.80 Å². The second-order valence-electron chi connectivity index (χ2n) is 6.98. The summed E-state index contributed by atoms with van der Waals surface area (Å²) < 4.78 is 0. The van der Waals surface area contributed by atoms with Crippen molar-refractivity contribution in [3.05, 3.63) is 0 Å². The van der Waals surface area contributed by atoms with Crippen LogP contribution in [0.5, 0.6) is 0 Å². The van der Waals surface area contributed by atoms with Gasteiger partial charge in [-0.1, -0.05) is 0 Å². The van der Waals surface area contributed by atoms with Crippen LogP contribution < -0.4 is 0 Å². The zero-order valence-corrected chi connectivity index (χ0v) is 12.6. The average Bonchev–Trinajstić information content (AvgIpc) is 2.26. The van der Waals surface area contributed by atoms with Crippen LogP contribution >= 0.6 is 0 Å². The number of carbonyl (C=O) groups excluding carboxylic acids is 1. The topological polar surface area (TPSA) is 43.8 Å². The number of hydrogen-bond donors (Lipinski definition) is 1. The maximum atomic E-state index is 12.5. The molecule has 19 heavy (non-hydrogen) atoms. The molecule has 1 N–H and O–H groups in total.